The van der Waals surface area contributed by atoms with E-state index in [2.05, 4.69) is 10.3 Å². The minimum absolute atomic E-state index is 0.122. The maximum atomic E-state index is 13.3. The van der Waals surface area contributed by atoms with Crippen molar-refractivity contribution in [2.24, 2.45) is 5.41 Å². The zero-order chi connectivity index (χ0) is 11.8. The third-order valence-electron chi connectivity index (χ3n) is 3.61. The summed E-state index contributed by atoms with van der Waals surface area (Å²) in [6.45, 7) is 4.51. The zero-order valence-corrected chi connectivity index (χ0v) is 9.57. The average Bonchev–Trinajstić information content (AvgIpc) is 2.26. The first kappa shape index (κ1) is 11.5. The molecule has 1 fully saturated rings. The van der Waals surface area contributed by atoms with E-state index in [0.717, 1.165) is 6.42 Å². The van der Waals surface area contributed by atoms with Crippen LogP contribution in [-0.4, -0.2) is 22.2 Å². The Morgan fingerprint density at radius 2 is 2.38 bits per heavy atom. The molecule has 1 heterocycles. The Balaban J connectivity index is 1.92. The highest BCUT2D eigenvalue weighted by Crippen LogP contribution is 2.40. The lowest BCUT2D eigenvalue weighted by Crippen LogP contribution is -2.59. The molecule has 1 aromatic heterocycles. The lowest BCUT2D eigenvalue weighted by molar-refractivity contribution is -0.0730. The zero-order valence-electron chi connectivity index (χ0n) is 9.57. The molecule has 1 aliphatic rings. The van der Waals surface area contributed by atoms with Crippen molar-refractivity contribution in [2.45, 2.75) is 39.0 Å². The second-order valence-corrected chi connectivity index (χ2v) is 4.97. The molecule has 0 radical (unpaired) electrons. The van der Waals surface area contributed by atoms with Crippen LogP contribution >= 0.6 is 0 Å². The summed E-state index contributed by atoms with van der Waals surface area (Å²) in [5.41, 5.74) is 0.496. The van der Waals surface area contributed by atoms with Crippen molar-refractivity contribution in [3.05, 3.63) is 29.8 Å². The summed E-state index contributed by atoms with van der Waals surface area (Å²) in [5.74, 6) is -0.285. The molecule has 2 rings (SSSR count). The van der Waals surface area contributed by atoms with Crippen molar-refractivity contribution < 1.29 is 9.50 Å². The topological polar surface area (TPSA) is 45.1 Å². The molecule has 0 amide bonds. The maximum Gasteiger partial charge on any atom is 0.145 e. The van der Waals surface area contributed by atoms with E-state index in [0.29, 0.717) is 12.1 Å². The van der Waals surface area contributed by atoms with E-state index < -0.39 is 0 Å². The molecule has 2 unspecified atom stereocenters. The van der Waals surface area contributed by atoms with Crippen LogP contribution in [0.4, 0.5) is 4.39 Å². The largest absolute Gasteiger partial charge is 0.392 e. The number of pyridine rings is 1. The van der Waals surface area contributed by atoms with Gasteiger partial charge in [0.1, 0.15) is 5.82 Å². The molecule has 1 saturated carbocycles. The Hall–Kier alpha value is -1.00. The third kappa shape index (κ3) is 1.95. The van der Waals surface area contributed by atoms with E-state index in [1.165, 1.54) is 6.20 Å². The Bertz CT molecular complexity index is 381. The molecule has 0 bridgehead atoms. The standard InChI is InChI=1S/C12H17FN2O/c1-12(2)10(5-11(12)16)15-6-8-3-4-14-7-9(8)13/h3-4,7,10-11,15-16H,5-6H2,1-2H3. The molecule has 0 saturated heterocycles. The molecule has 0 spiro atoms. The van der Waals surface area contributed by atoms with Gasteiger partial charge in [0.05, 0.1) is 12.3 Å². The number of hydrogen-bond donors (Lipinski definition) is 2. The maximum absolute atomic E-state index is 13.3. The SMILES string of the molecule is CC1(C)C(O)CC1NCc1ccncc1F. The van der Waals surface area contributed by atoms with E-state index in [-0.39, 0.29) is 23.4 Å². The number of aliphatic hydroxyl groups is 1. The lowest BCUT2D eigenvalue weighted by atomic mass is 9.64. The van der Waals surface area contributed by atoms with Crippen LogP contribution in [0.3, 0.4) is 0 Å². The molecule has 1 aromatic rings. The van der Waals surface area contributed by atoms with Gasteiger partial charge < -0.3 is 10.4 Å². The molecule has 0 aliphatic heterocycles. The normalized spacial score (nSPS) is 27.5. The first-order chi connectivity index (χ1) is 7.51. The molecular formula is C12H17FN2O. The highest BCUT2D eigenvalue weighted by atomic mass is 19.1. The molecule has 4 heteroatoms. The lowest BCUT2D eigenvalue weighted by Gasteiger charge is -2.49. The molecule has 2 atom stereocenters. The molecule has 1 aliphatic carbocycles. The van der Waals surface area contributed by atoms with E-state index >= 15 is 0 Å². The van der Waals surface area contributed by atoms with Crippen molar-refractivity contribution in [3.63, 3.8) is 0 Å². The summed E-state index contributed by atoms with van der Waals surface area (Å²) in [6, 6.07) is 1.92. The quantitative estimate of drug-likeness (QED) is 0.817. The second-order valence-electron chi connectivity index (χ2n) is 4.97. The molecule has 0 aromatic carbocycles. The monoisotopic (exact) mass is 224 g/mol. The van der Waals surface area contributed by atoms with Crippen LogP contribution in [0, 0.1) is 11.2 Å². The summed E-state index contributed by atoms with van der Waals surface area (Å²) >= 11 is 0. The fraction of sp³-hybridized carbons (Fsp3) is 0.583. The van der Waals surface area contributed by atoms with Gasteiger partial charge in [0.2, 0.25) is 0 Å². The molecule has 2 N–H and O–H groups in total. The molecular weight excluding hydrogens is 207 g/mol. The Labute approximate surface area is 94.7 Å². The number of halogens is 1. The van der Waals surface area contributed by atoms with Crippen LogP contribution in [0.15, 0.2) is 18.5 Å². The summed E-state index contributed by atoms with van der Waals surface area (Å²) < 4.78 is 13.3. The number of nitrogens with zero attached hydrogens (tertiary/aromatic N) is 1. The van der Waals surface area contributed by atoms with Crippen LogP contribution in [0.25, 0.3) is 0 Å². The molecule has 88 valence electrons. The van der Waals surface area contributed by atoms with E-state index in [1.807, 2.05) is 13.8 Å². The summed E-state index contributed by atoms with van der Waals surface area (Å²) in [4.78, 5) is 3.70. The van der Waals surface area contributed by atoms with Gasteiger partial charge in [0.15, 0.2) is 0 Å². The van der Waals surface area contributed by atoms with Gasteiger partial charge >= 0.3 is 0 Å². The first-order valence-electron chi connectivity index (χ1n) is 5.51. The van der Waals surface area contributed by atoms with Crippen LogP contribution in [0.5, 0.6) is 0 Å². The number of aromatic nitrogens is 1. The van der Waals surface area contributed by atoms with Gasteiger partial charge in [0, 0.05) is 29.8 Å². The Kier molecular flexibility index (Phi) is 2.95. The van der Waals surface area contributed by atoms with E-state index in [9.17, 15) is 9.50 Å². The van der Waals surface area contributed by atoms with Crippen molar-refractivity contribution in [3.8, 4) is 0 Å². The van der Waals surface area contributed by atoms with Crippen LogP contribution < -0.4 is 5.32 Å². The number of aliphatic hydroxyl groups excluding tert-OH is 1. The van der Waals surface area contributed by atoms with E-state index in [1.54, 1.807) is 12.3 Å². The number of nitrogens with one attached hydrogen (secondary N) is 1. The van der Waals surface area contributed by atoms with Gasteiger partial charge in [-0.15, -0.1) is 0 Å². The van der Waals surface area contributed by atoms with Crippen molar-refractivity contribution in [1.82, 2.24) is 10.3 Å². The van der Waals surface area contributed by atoms with Crippen molar-refractivity contribution in [1.29, 1.82) is 0 Å². The molecule has 3 nitrogen and oxygen atoms in total. The van der Waals surface area contributed by atoms with Crippen molar-refractivity contribution >= 4 is 0 Å². The van der Waals surface area contributed by atoms with Gasteiger partial charge in [-0.3, -0.25) is 4.98 Å². The van der Waals surface area contributed by atoms with Gasteiger partial charge in [-0.25, -0.2) is 4.39 Å². The highest BCUT2D eigenvalue weighted by molar-refractivity contribution is 5.13. The minimum atomic E-state index is -0.285. The average molecular weight is 224 g/mol. The first-order valence-corrected chi connectivity index (χ1v) is 5.51. The fourth-order valence-electron chi connectivity index (χ4n) is 2.03. The van der Waals surface area contributed by atoms with Crippen LogP contribution in [0.1, 0.15) is 25.8 Å². The van der Waals surface area contributed by atoms with Crippen LogP contribution in [0.2, 0.25) is 0 Å². The summed E-state index contributed by atoms with van der Waals surface area (Å²) in [5, 5.41) is 12.8. The Morgan fingerprint density at radius 1 is 1.62 bits per heavy atom. The fourth-order valence-corrected chi connectivity index (χ4v) is 2.03. The Morgan fingerprint density at radius 3 is 2.94 bits per heavy atom. The predicted molar refractivity (Wildman–Crippen MR) is 59.2 cm³/mol. The summed E-state index contributed by atoms with van der Waals surface area (Å²) in [7, 11) is 0. The number of rotatable bonds is 3. The van der Waals surface area contributed by atoms with Gasteiger partial charge in [-0.05, 0) is 12.5 Å². The van der Waals surface area contributed by atoms with Gasteiger partial charge in [-0.1, -0.05) is 13.8 Å². The van der Waals surface area contributed by atoms with Crippen molar-refractivity contribution in [2.75, 3.05) is 0 Å². The number of hydrogen-bond acceptors (Lipinski definition) is 3. The van der Waals surface area contributed by atoms with Crippen LogP contribution in [-0.2, 0) is 6.54 Å². The van der Waals surface area contributed by atoms with Gasteiger partial charge in [-0.2, -0.15) is 0 Å². The third-order valence-corrected chi connectivity index (χ3v) is 3.61. The second kappa shape index (κ2) is 4.11. The smallest absolute Gasteiger partial charge is 0.145 e. The minimum Gasteiger partial charge on any atom is -0.392 e. The van der Waals surface area contributed by atoms with Gasteiger partial charge in [0.25, 0.3) is 0 Å². The predicted octanol–water partition coefficient (Wildman–Crippen LogP) is 1.47. The van der Waals surface area contributed by atoms with E-state index in [4.69, 9.17) is 0 Å². The summed E-state index contributed by atoms with van der Waals surface area (Å²) in [6.07, 6.45) is 3.28. The molecule has 16 heavy (non-hydrogen) atoms. The highest BCUT2D eigenvalue weighted by Gasteiger charge is 2.46.